The van der Waals surface area contributed by atoms with E-state index >= 15 is 0 Å². The molecule has 0 radical (unpaired) electrons. The van der Waals surface area contributed by atoms with Crippen LogP contribution in [0.15, 0.2) is 53.3 Å². The third kappa shape index (κ3) is 3.92. The maximum atomic E-state index is 13.6. The van der Waals surface area contributed by atoms with E-state index in [1.54, 1.807) is 52.5 Å². The van der Waals surface area contributed by atoms with Gasteiger partial charge in [-0.05, 0) is 37.1 Å². The van der Waals surface area contributed by atoms with Crippen molar-refractivity contribution in [1.82, 2.24) is 14.2 Å². The number of anilines is 1. The number of nitrogens with zero attached hydrogens (tertiary/aromatic N) is 4. The number of benzene rings is 2. The standard InChI is InChI=1S/C25H28N4O4/c1-6-27(21-13-17(32-4)11-12-23(21)33-5)24(30)18-14-22-25(31)28(15-16(2)3)19-9-7-8-10-20(19)29(22)26-18/h7-14,16H,6,15H2,1-5H3. The van der Waals surface area contributed by atoms with E-state index in [1.165, 1.54) is 0 Å². The van der Waals surface area contributed by atoms with Crippen molar-refractivity contribution in [2.75, 3.05) is 25.7 Å². The molecule has 0 saturated heterocycles. The molecule has 0 spiro atoms. The summed E-state index contributed by atoms with van der Waals surface area (Å²) in [5.41, 5.74) is 2.51. The Labute approximate surface area is 192 Å². The summed E-state index contributed by atoms with van der Waals surface area (Å²) in [5, 5.41) is 4.55. The maximum Gasteiger partial charge on any atom is 0.278 e. The number of hydrogen-bond donors (Lipinski definition) is 0. The van der Waals surface area contributed by atoms with Gasteiger partial charge in [-0.3, -0.25) is 9.59 Å². The van der Waals surface area contributed by atoms with Crippen molar-refractivity contribution in [2.45, 2.75) is 27.3 Å². The number of para-hydroxylation sites is 2. The molecule has 0 bridgehead atoms. The van der Waals surface area contributed by atoms with Crippen LogP contribution in [0.1, 0.15) is 31.3 Å². The lowest BCUT2D eigenvalue weighted by atomic mass is 10.2. The molecule has 0 aliphatic heterocycles. The lowest BCUT2D eigenvalue weighted by Crippen LogP contribution is -2.31. The van der Waals surface area contributed by atoms with Gasteiger partial charge < -0.3 is 18.9 Å². The first-order valence-corrected chi connectivity index (χ1v) is 10.9. The zero-order valence-corrected chi connectivity index (χ0v) is 19.5. The van der Waals surface area contributed by atoms with Crippen LogP contribution in [0, 0.1) is 5.92 Å². The molecule has 0 N–H and O–H groups in total. The maximum absolute atomic E-state index is 13.6. The first kappa shape index (κ1) is 22.4. The Morgan fingerprint density at radius 1 is 1.03 bits per heavy atom. The zero-order chi connectivity index (χ0) is 23.7. The number of fused-ring (bicyclic) bond motifs is 3. The minimum absolute atomic E-state index is 0.170. The van der Waals surface area contributed by atoms with Crippen molar-refractivity contribution in [3.05, 3.63) is 64.6 Å². The predicted octanol–water partition coefficient (Wildman–Crippen LogP) is 3.99. The van der Waals surface area contributed by atoms with Crippen LogP contribution in [-0.2, 0) is 6.54 Å². The van der Waals surface area contributed by atoms with Gasteiger partial charge in [0, 0.05) is 25.2 Å². The number of hydrogen-bond acceptors (Lipinski definition) is 5. The van der Waals surface area contributed by atoms with E-state index in [0.717, 1.165) is 11.0 Å². The van der Waals surface area contributed by atoms with Gasteiger partial charge in [0.2, 0.25) is 0 Å². The molecular formula is C25H28N4O4. The number of rotatable bonds is 7. The van der Waals surface area contributed by atoms with Gasteiger partial charge in [0.25, 0.3) is 11.5 Å². The van der Waals surface area contributed by atoms with E-state index in [2.05, 4.69) is 18.9 Å². The van der Waals surface area contributed by atoms with Gasteiger partial charge in [-0.1, -0.05) is 26.0 Å². The van der Waals surface area contributed by atoms with Gasteiger partial charge in [-0.15, -0.1) is 0 Å². The van der Waals surface area contributed by atoms with Crippen molar-refractivity contribution in [3.8, 4) is 11.5 Å². The van der Waals surface area contributed by atoms with Gasteiger partial charge in [0.05, 0.1) is 30.9 Å². The van der Waals surface area contributed by atoms with Crippen LogP contribution in [0.25, 0.3) is 16.6 Å². The lowest BCUT2D eigenvalue weighted by molar-refractivity contribution is 0.0982. The predicted molar refractivity (Wildman–Crippen MR) is 129 cm³/mol. The Morgan fingerprint density at radius 2 is 1.76 bits per heavy atom. The summed E-state index contributed by atoms with van der Waals surface area (Å²) >= 11 is 0. The van der Waals surface area contributed by atoms with Crippen LogP contribution in [0.5, 0.6) is 11.5 Å². The van der Waals surface area contributed by atoms with Crippen LogP contribution >= 0.6 is 0 Å². The highest BCUT2D eigenvalue weighted by Gasteiger charge is 2.24. The van der Waals surface area contributed by atoms with Crippen molar-refractivity contribution in [2.24, 2.45) is 5.92 Å². The van der Waals surface area contributed by atoms with Gasteiger partial charge >= 0.3 is 0 Å². The fraction of sp³-hybridized carbons (Fsp3) is 0.320. The molecule has 0 aliphatic carbocycles. The topological polar surface area (TPSA) is 78.1 Å². The summed E-state index contributed by atoms with van der Waals surface area (Å²) in [5.74, 6) is 1.11. The average molecular weight is 449 g/mol. The summed E-state index contributed by atoms with van der Waals surface area (Å²) in [6.07, 6.45) is 0. The van der Waals surface area contributed by atoms with Crippen molar-refractivity contribution >= 4 is 28.1 Å². The van der Waals surface area contributed by atoms with E-state index in [9.17, 15) is 9.59 Å². The Kier molecular flexibility index (Phi) is 6.09. The number of amides is 1. The van der Waals surface area contributed by atoms with Gasteiger partial charge in [-0.25, -0.2) is 4.52 Å². The second kappa shape index (κ2) is 8.97. The van der Waals surface area contributed by atoms with Crippen molar-refractivity contribution in [1.29, 1.82) is 0 Å². The molecule has 2 aromatic heterocycles. The van der Waals surface area contributed by atoms with Gasteiger partial charge in [0.1, 0.15) is 17.0 Å². The van der Waals surface area contributed by atoms with Crippen LogP contribution in [0.2, 0.25) is 0 Å². The van der Waals surface area contributed by atoms with Crippen molar-refractivity contribution in [3.63, 3.8) is 0 Å². The third-order valence-electron chi connectivity index (χ3n) is 5.58. The first-order valence-electron chi connectivity index (χ1n) is 10.9. The summed E-state index contributed by atoms with van der Waals surface area (Å²) in [6, 6.07) is 14.5. The zero-order valence-electron chi connectivity index (χ0n) is 19.5. The summed E-state index contributed by atoms with van der Waals surface area (Å²) in [4.78, 5) is 28.5. The molecule has 0 aliphatic rings. The summed E-state index contributed by atoms with van der Waals surface area (Å²) in [6.45, 7) is 6.97. The molecule has 172 valence electrons. The highest BCUT2D eigenvalue weighted by Crippen LogP contribution is 2.33. The molecule has 33 heavy (non-hydrogen) atoms. The normalized spacial score (nSPS) is 11.3. The van der Waals surface area contributed by atoms with E-state index in [1.807, 2.05) is 31.2 Å². The largest absolute Gasteiger partial charge is 0.497 e. The highest BCUT2D eigenvalue weighted by molar-refractivity contribution is 6.06. The molecule has 0 unspecified atom stereocenters. The number of aromatic nitrogens is 3. The fourth-order valence-corrected chi connectivity index (χ4v) is 4.06. The smallest absolute Gasteiger partial charge is 0.278 e. The molecule has 4 aromatic rings. The third-order valence-corrected chi connectivity index (χ3v) is 5.58. The number of carbonyl (C=O) groups excluding carboxylic acids is 1. The molecule has 2 heterocycles. The average Bonchev–Trinajstić information content (AvgIpc) is 3.28. The number of ether oxygens (including phenoxy) is 2. The van der Waals surface area contributed by atoms with E-state index in [4.69, 9.17) is 9.47 Å². The quantitative estimate of drug-likeness (QED) is 0.427. The van der Waals surface area contributed by atoms with Gasteiger partial charge in [-0.2, -0.15) is 5.10 Å². The molecule has 2 aromatic carbocycles. The molecule has 0 saturated carbocycles. The Balaban J connectivity index is 1.88. The second-order valence-corrected chi connectivity index (χ2v) is 8.21. The Morgan fingerprint density at radius 3 is 2.39 bits per heavy atom. The van der Waals surface area contributed by atoms with Crippen LogP contribution in [0.3, 0.4) is 0 Å². The monoisotopic (exact) mass is 448 g/mol. The Bertz CT molecular complexity index is 1390. The second-order valence-electron chi connectivity index (χ2n) is 8.21. The van der Waals surface area contributed by atoms with Crippen LogP contribution in [0.4, 0.5) is 5.69 Å². The minimum atomic E-state index is -0.327. The molecule has 4 rings (SSSR count). The number of carbonyl (C=O) groups is 1. The van der Waals surface area contributed by atoms with E-state index < -0.39 is 0 Å². The van der Waals surface area contributed by atoms with E-state index in [0.29, 0.717) is 35.8 Å². The van der Waals surface area contributed by atoms with Crippen LogP contribution < -0.4 is 19.9 Å². The SMILES string of the molecule is CCN(C(=O)c1cc2c(=O)n(CC(C)C)c3ccccc3n2n1)c1cc(OC)ccc1OC. The first-order chi connectivity index (χ1) is 15.9. The summed E-state index contributed by atoms with van der Waals surface area (Å²) in [7, 11) is 3.12. The highest BCUT2D eigenvalue weighted by atomic mass is 16.5. The molecule has 0 atom stereocenters. The molecule has 0 fully saturated rings. The van der Waals surface area contributed by atoms with E-state index in [-0.39, 0.29) is 23.1 Å². The molecule has 1 amide bonds. The molecular weight excluding hydrogens is 420 g/mol. The van der Waals surface area contributed by atoms with Gasteiger partial charge in [0.15, 0.2) is 5.69 Å². The Hall–Kier alpha value is -3.81. The minimum Gasteiger partial charge on any atom is -0.497 e. The fourth-order valence-electron chi connectivity index (χ4n) is 4.06. The lowest BCUT2D eigenvalue weighted by Gasteiger charge is -2.22. The summed E-state index contributed by atoms with van der Waals surface area (Å²) < 4.78 is 14.1. The number of methoxy groups -OCH3 is 2. The molecule has 8 heteroatoms. The van der Waals surface area contributed by atoms with Crippen molar-refractivity contribution < 1.29 is 14.3 Å². The molecule has 8 nitrogen and oxygen atoms in total. The van der Waals surface area contributed by atoms with Crippen LogP contribution in [-0.4, -0.2) is 40.9 Å².